The minimum Gasteiger partial charge on any atom is -0.478 e. The summed E-state index contributed by atoms with van der Waals surface area (Å²) in [6.07, 6.45) is 2.59. The van der Waals surface area contributed by atoms with E-state index < -0.39 is 46.5 Å². The number of carbonyl (C=O) groups excluding carboxylic acids is 4. The normalized spacial score (nSPS) is 18.2. The zero-order valence-corrected chi connectivity index (χ0v) is 25.0. The molecule has 0 unspecified atom stereocenters. The monoisotopic (exact) mass is 651 g/mol. The van der Waals surface area contributed by atoms with Gasteiger partial charge in [0.1, 0.15) is 17.1 Å². The molecular weight excluding hydrogens is 624 g/mol. The molecule has 2 atom stereocenters. The number of nitrogen functional groups attached to an aromatic ring is 1. The number of aromatic nitrogens is 4. The second kappa shape index (κ2) is 12.7. The quantitative estimate of drug-likeness (QED) is 0.0409. The zero-order valence-electron chi connectivity index (χ0n) is 23.3. The summed E-state index contributed by atoms with van der Waals surface area (Å²) < 4.78 is 7.09. The third kappa shape index (κ3) is 6.17. The maximum Gasteiger partial charge on any atom is 0.352 e. The molecule has 0 saturated carbocycles. The van der Waals surface area contributed by atoms with Gasteiger partial charge in [0.15, 0.2) is 17.5 Å². The van der Waals surface area contributed by atoms with E-state index in [4.69, 9.17) is 10.6 Å². The molecule has 0 bridgehead atoms. The van der Waals surface area contributed by atoms with Crippen molar-refractivity contribution >= 4 is 76.5 Å². The van der Waals surface area contributed by atoms with Crippen LogP contribution in [0.1, 0.15) is 25.2 Å². The van der Waals surface area contributed by atoms with E-state index in [1.807, 2.05) is 0 Å². The molecular formula is C23H27N10O9S2+. The summed E-state index contributed by atoms with van der Waals surface area (Å²) in [5, 5.41) is 29.8. The number of nitrogens with two attached hydrogens (primary N) is 1. The van der Waals surface area contributed by atoms with Crippen LogP contribution in [0.2, 0.25) is 0 Å². The van der Waals surface area contributed by atoms with Crippen molar-refractivity contribution in [3.8, 4) is 0 Å². The number of nitrogens with one attached hydrogen (secondary N) is 3. The Labute approximate surface area is 256 Å². The summed E-state index contributed by atoms with van der Waals surface area (Å²) >= 11 is 1.96. The van der Waals surface area contributed by atoms with Crippen LogP contribution in [-0.2, 0) is 53.7 Å². The van der Waals surface area contributed by atoms with Crippen LogP contribution in [0.15, 0.2) is 22.6 Å². The number of hydrogen-bond donors (Lipinski definition) is 6. The predicted octanol–water partition coefficient (Wildman–Crippen LogP) is -2.42. The molecule has 2 aromatic heterocycles. The maximum absolute atomic E-state index is 13.2. The van der Waals surface area contributed by atoms with Crippen LogP contribution in [0, 0.1) is 0 Å². The van der Waals surface area contributed by atoms with E-state index in [0.29, 0.717) is 29.8 Å². The van der Waals surface area contributed by atoms with Crippen LogP contribution in [0.4, 0.5) is 10.9 Å². The number of oxime groups is 1. The van der Waals surface area contributed by atoms with Crippen molar-refractivity contribution in [2.24, 2.45) is 12.2 Å². The number of rotatable bonds is 14. The zero-order chi connectivity index (χ0) is 32.3. The summed E-state index contributed by atoms with van der Waals surface area (Å²) in [6, 6.07) is -1.16. The summed E-state index contributed by atoms with van der Waals surface area (Å²) in [7, 11) is 1.63. The lowest BCUT2D eigenvalue weighted by Gasteiger charge is -2.49. The van der Waals surface area contributed by atoms with Gasteiger partial charge in [0.25, 0.3) is 11.8 Å². The fourth-order valence-electron chi connectivity index (χ4n) is 4.26. The topological polar surface area (TPSA) is 264 Å². The summed E-state index contributed by atoms with van der Waals surface area (Å²) in [5.41, 5.74) is 3.94. The number of β-lactam (4-membered cyclic amide) rings is 1. The van der Waals surface area contributed by atoms with Gasteiger partial charge in [-0.15, -0.1) is 21.1 Å². The third-order valence-corrected chi connectivity index (χ3v) is 8.41. The van der Waals surface area contributed by atoms with E-state index in [1.165, 1.54) is 25.6 Å². The number of thioether (sulfide) groups is 1. The SMILES string of the molecule is Cn1c(NC=O)c(CNC=O)c[n+]1CC1=C(C(=O)O)N2C(=O)[C@@H](NC(=O)/C(=N\OC(C)(C)C(=O)O)c3nsc(N)n3)[C@H]2SC1. The van der Waals surface area contributed by atoms with Gasteiger partial charge in [0.2, 0.25) is 36.2 Å². The number of amides is 4. The molecule has 2 aromatic rings. The molecule has 0 aliphatic carbocycles. The molecule has 2 aliphatic heterocycles. The van der Waals surface area contributed by atoms with Gasteiger partial charge in [-0.2, -0.15) is 9.36 Å². The number of aliphatic carboxylic acids is 2. The van der Waals surface area contributed by atoms with Gasteiger partial charge in [-0.3, -0.25) is 24.1 Å². The van der Waals surface area contributed by atoms with E-state index in [2.05, 4.69) is 30.5 Å². The average molecular weight is 652 g/mol. The van der Waals surface area contributed by atoms with E-state index in [9.17, 15) is 39.0 Å². The molecule has 1 fully saturated rings. The minimum atomic E-state index is -1.82. The lowest BCUT2D eigenvalue weighted by atomic mass is 10.0. The van der Waals surface area contributed by atoms with Crippen LogP contribution in [0.5, 0.6) is 0 Å². The summed E-state index contributed by atoms with van der Waals surface area (Å²) in [6.45, 7) is 2.53. The highest BCUT2D eigenvalue weighted by molar-refractivity contribution is 8.00. The number of fused-ring (bicyclic) bond motifs is 1. The van der Waals surface area contributed by atoms with Crippen molar-refractivity contribution in [3.05, 3.63) is 28.9 Å². The maximum atomic E-state index is 13.2. The highest BCUT2D eigenvalue weighted by Gasteiger charge is 2.55. The Hall–Kier alpha value is -5.05. The molecule has 4 rings (SSSR count). The fourth-order valence-corrected chi connectivity index (χ4v) is 6.03. The van der Waals surface area contributed by atoms with E-state index in [1.54, 1.807) is 22.6 Å². The molecule has 2 aliphatic rings. The van der Waals surface area contributed by atoms with Crippen LogP contribution < -0.4 is 26.4 Å². The highest BCUT2D eigenvalue weighted by atomic mass is 32.2. The van der Waals surface area contributed by atoms with E-state index in [0.717, 1.165) is 16.4 Å². The largest absolute Gasteiger partial charge is 0.478 e. The van der Waals surface area contributed by atoms with Gasteiger partial charge in [-0.1, -0.05) is 5.16 Å². The van der Waals surface area contributed by atoms with Crippen LogP contribution in [-0.4, -0.2) is 94.2 Å². The number of nitrogens with zero attached hydrogens (tertiary/aromatic N) is 6. The third-order valence-electron chi connectivity index (χ3n) is 6.53. The Kier molecular flexibility index (Phi) is 9.18. The van der Waals surface area contributed by atoms with Crippen molar-refractivity contribution in [1.82, 2.24) is 29.6 Å². The van der Waals surface area contributed by atoms with Crippen LogP contribution in [0.3, 0.4) is 0 Å². The predicted molar refractivity (Wildman–Crippen MR) is 152 cm³/mol. The lowest BCUT2D eigenvalue weighted by Crippen LogP contribution is -2.71. The number of anilines is 2. The number of carbonyl (C=O) groups is 6. The molecule has 4 amide bonds. The second-order valence-electron chi connectivity index (χ2n) is 9.81. The van der Waals surface area contributed by atoms with Crippen molar-refractivity contribution in [2.45, 2.75) is 44.0 Å². The average Bonchev–Trinajstić information content (AvgIpc) is 3.52. The molecule has 0 aromatic carbocycles. The van der Waals surface area contributed by atoms with Crippen LogP contribution in [0.25, 0.3) is 0 Å². The van der Waals surface area contributed by atoms with E-state index in [-0.39, 0.29) is 35.5 Å². The first kappa shape index (κ1) is 31.9. The second-order valence-corrected chi connectivity index (χ2v) is 11.7. The molecule has 4 heterocycles. The molecule has 19 nitrogen and oxygen atoms in total. The Balaban J connectivity index is 1.57. The van der Waals surface area contributed by atoms with Crippen LogP contribution >= 0.6 is 23.3 Å². The van der Waals surface area contributed by atoms with Gasteiger partial charge >= 0.3 is 11.9 Å². The standard InChI is InChI=1S/C23H26N10O9S2/c1-23(2,21(40)41)42-29-12(15-28-22(24)44-30-15)17(36)27-13-18(37)33-14(20(38)39)11(7-43-19(13)33)6-32-5-10(4-25-8-34)16(26-9-35)31(32)3/h5,8-9,13,19H,4,6-7H2,1-3H3,(H6,24,25,27,28,30,34,36,38,39,40,41)/p+1/b29-12-/t13-,19-/m1/s1. The number of carboxylic acid groups (broad SMARTS) is 2. The lowest BCUT2D eigenvalue weighted by molar-refractivity contribution is -0.765. The van der Waals surface area contributed by atoms with Gasteiger partial charge < -0.3 is 36.7 Å². The van der Waals surface area contributed by atoms with E-state index >= 15 is 0 Å². The first-order valence-corrected chi connectivity index (χ1v) is 14.4. The Morgan fingerprint density at radius 3 is 2.61 bits per heavy atom. The molecule has 234 valence electrons. The van der Waals surface area contributed by atoms with Gasteiger partial charge in [0.05, 0.1) is 19.2 Å². The molecule has 7 N–H and O–H groups in total. The molecule has 0 spiro atoms. The first-order chi connectivity index (χ1) is 20.8. The highest BCUT2D eigenvalue weighted by Crippen LogP contribution is 2.40. The minimum absolute atomic E-state index is 0.00670. The molecule has 21 heteroatoms. The summed E-state index contributed by atoms with van der Waals surface area (Å²) in [5.74, 6) is -4.12. The molecule has 1 saturated heterocycles. The first-order valence-electron chi connectivity index (χ1n) is 12.6. The molecule has 44 heavy (non-hydrogen) atoms. The van der Waals surface area contributed by atoms with Gasteiger partial charge in [0, 0.05) is 22.9 Å². The van der Waals surface area contributed by atoms with Crippen molar-refractivity contribution in [1.29, 1.82) is 0 Å². The fraction of sp³-hybridized carbons (Fsp3) is 0.391. The Bertz CT molecular complexity index is 1600. The number of hydrogen-bond acceptors (Lipinski definition) is 13. The summed E-state index contributed by atoms with van der Waals surface area (Å²) in [4.78, 5) is 82.2. The smallest absolute Gasteiger partial charge is 0.352 e. The van der Waals surface area contributed by atoms with Gasteiger partial charge in [-0.25, -0.2) is 9.59 Å². The van der Waals surface area contributed by atoms with Crippen molar-refractivity contribution in [3.63, 3.8) is 0 Å². The Morgan fingerprint density at radius 2 is 2.02 bits per heavy atom. The number of carboxylic acids is 2. The Morgan fingerprint density at radius 1 is 1.30 bits per heavy atom. The molecule has 0 radical (unpaired) electrons. The van der Waals surface area contributed by atoms with Crippen molar-refractivity contribution < 1.29 is 48.5 Å². The van der Waals surface area contributed by atoms with Crippen molar-refractivity contribution in [2.75, 3.05) is 16.8 Å². The van der Waals surface area contributed by atoms with Gasteiger partial charge in [-0.05, 0) is 13.8 Å².